The van der Waals surface area contributed by atoms with Crippen molar-refractivity contribution in [1.29, 1.82) is 0 Å². The van der Waals surface area contributed by atoms with Crippen LogP contribution in [0.1, 0.15) is 25.0 Å². The largest absolute Gasteiger partial charge is 0.309 e. The summed E-state index contributed by atoms with van der Waals surface area (Å²) in [5.74, 6) is 0. The number of fused-ring (bicyclic) bond motifs is 12. The van der Waals surface area contributed by atoms with Gasteiger partial charge in [-0.1, -0.05) is 147 Å². The van der Waals surface area contributed by atoms with Crippen molar-refractivity contribution in [2.24, 2.45) is 0 Å². The van der Waals surface area contributed by atoms with E-state index in [1.54, 1.807) is 12.4 Å². The highest BCUT2D eigenvalue weighted by atomic mass is 15.0. The molecule has 1 aliphatic rings. The van der Waals surface area contributed by atoms with E-state index in [-0.39, 0.29) is 5.41 Å². The van der Waals surface area contributed by atoms with Crippen molar-refractivity contribution in [3.05, 3.63) is 199 Å². The Balaban J connectivity index is 0.873. The summed E-state index contributed by atoms with van der Waals surface area (Å²) in [5.41, 5.74) is 18.0. The van der Waals surface area contributed by atoms with Gasteiger partial charge in [0.15, 0.2) is 0 Å². The minimum absolute atomic E-state index is 0.154. The minimum Gasteiger partial charge on any atom is -0.309 e. The molecule has 0 amide bonds. The molecule has 272 valence electrons. The van der Waals surface area contributed by atoms with E-state index >= 15 is 0 Å². The fourth-order valence-corrected chi connectivity index (χ4v) is 9.79. The molecule has 0 spiro atoms. The molecule has 58 heavy (non-hydrogen) atoms. The lowest BCUT2D eigenvalue weighted by molar-refractivity contribution is 0.660. The van der Waals surface area contributed by atoms with Crippen molar-refractivity contribution < 1.29 is 0 Å². The monoisotopic (exact) mass is 739 g/mol. The van der Waals surface area contributed by atoms with Crippen molar-refractivity contribution in [3.8, 4) is 50.2 Å². The third-order valence-electron chi connectivity index (χ3n) is 12.7. The summed E-state index contributed by atoms with van der Waals surface area (Å²) < 4.78 is 2.42. The van der Waals surface area contributed by atoms with Crippen molar-refractivity contribution >= 4 is 54.4 Å². The van der Waals surface area contributed by atoms with Crippen LogP contribution in [0, 0.1) is 0 Å². The number of rotatable bonds is 4. The van der Waals surface area contributed by atoms with Gasteiger partial charge in [0.05, 0.1) is 22.1 Å². The summed E-state index contributed by atoms with van der Waals surface area (Å²) >= 11 is 0. The second-order valence-electron chi connectivity index (χ2n) is 16.2. The van der Waals surface area contributed by atoms with Crippen molar-refractivity contribution in [2.75, 3.05) is 0 Å². The second-order valence-corrected chi connectivity index (χ2v) is 16.2. The highest BCUT2D eigenvalue weighted by Gasteiger charge is 2.36. The van der Waals surface area contributed by atoms with Crippen molar-refractivity contribution in [2.45, 2.75) is 19.3 Å². The number of hydrogen-bond acceptors (Lipinski definition) is 2. The molecular weight excluding hydrogens is 703 g/mol. The third kappa shape index (κ3) is 4.80. The van der Waals surface area contributed by atoms with Gasteiger partial charge < -0.3 is 4.57 Å². The Morgan fingerprint density at radius 3 is 1.52 bits per heavy atom. The molecule has 0 radical (unpaired) electrons. The van der Waals surface area contributed by atoms with Crippen LogP contribution in [0.3, 0.4) is 0 Å². The Hall–Kier alpha value is -7.36. The van der Waals surface area contributed by atoms with Crippen LogP contribution in [0.15, 0.2) is 188 Å². The fraction of sp³-hybridized carbons (Fsp3) is 0.0545. The molecule has 0 saturated heterocycles. The van der Waals surface area contributed by atoms with E-state index in [2.05, 4.69) is 194 Å². The Morgan fingerprint density at radius 2 is 0.845 bits per heavy atom. The van der Waals surface area contributed by atoms with Crippen molar-refractivity contribution in [3.63, 3.8) is 0 Å². The first-order chi connectivity index (χ1) is 28.5. The van der Waals surface area contributed by atoms with E-state index in [0.717, 1.165) is 21.8 Å². The van der Waals surface area contributed by atoms with Crippen LogP contribution in [-0.4, -0.2) is 14.5 Å². The Morgan fingerprint density at radius 1 is 0.362 bits per heavy atom. The van der Waals surface area contributed by atoms with E-state index < -0.39 is 0 Å². The van der Waals surface area contributed by atoms with Gasteiger partial charge in [-0.2, -0.15) is 0 Å². The van der Waals surface area contributed by atoms with Gasteiger partial charge in [0, 0.05) is 45.0 Å². The lowest BCUT2D eigenvalue weighted by atomic mass is 9.81. The minimum atomic E-state index is -0.154. The van der Waals surface area contributed by atoms with Gasteiger partial charge in [-0.05, 0) is 109 Å². The molecule has 0 unspecified atom stereocenters. The van der Waals surface area contributed by atoms with Gasteiger partial charge >= 0.3 is 0 Å². The van der Waals surface area contributed by atoms with Gasteiger partial charge in [0.25, 0.3) is 0 Å². The normalized spacial score (nSPS) is 13.1. The van der Waals surface area contributed by atoms with Gasteiger partial charge in [0.1, 0.15) is 0 Å². The van der Waals surface area contributed by atoms with Gasteiger partial charge in [-0.15, -0.1) is 0 Å². The van der Waals surface area contributed by atoms with Crippen LogP contribution in [0.25, 0.3) is 105 Å². The molecule has 12 rings (SSSR count). The summed E-state index contributed by atoms with van der Waals surface area (Å²) in [6.07, 6.45) is 3.56. The zero-order valence-corrected chi connectivity index (χ0v) is 32.2. The predicted octanol–water partition coefficient (Wildman–Crippen LogP) is 14.3. The third-order valence-corrected chi connectivity index (χ3v) is 12.7. The zero-order valence-electron chi connectivity index (χ0n) is 32.2. The lowest BCUT2D eigenvalue weighted by Crippen LogP contribution is -2.15. The molecule has 9 aromatic carbocycles. The molecule has 0 saturated carbocycles. The number of benzene rings is 9. The average Bonchev–Trinajstić information content (AvgIpc) is 3.74. The molecule has 0 fully saturated rings. The molecular formula is C55H37N3. The van der Waals surface area contributed by atoms with Crippen LogP contribution in [0.2, 0.25) is 0 Å². The van der Waals surface area contributed by atoms with Gasteiger partial charge in [-0.3, -0.25) is 9.97 Å². The molecule has 11 aromatic rings. The van der Waals surface area contributed by atoms with Crippen LogP contribution in [0.4, 0.5) is 0 Å². The van der Waals surface area contributed by atoms with E-state index in [9.17, 15) is 0 Å². The molecule has 3 nitrogen and oxygen atoms in total. The molecule has 0 N–H and O–H groups in total. The molecule has 2 heterocycles. The number of para-hydroxylation sites is 2. The maximum Gasteiger partial charge on any atom is 0.0971 e. The summed E-state index contributed by atoms with van der Waals surface area (Å²) in [6, 6.07) is 64.8. The summed E-state index contributed by atoms with van der Waals surface area (Å²) in [6.45, 7) is 4.76. The molecule has 3 heteroatoms. The summed E-state index contributed by atoms with van der Waals surface area (Å²) in [7, 11) is 0. The second kappa shape index (κ2) is 12.3. The standard InChI is InChI=1S/C55H37N3/c1-55(2)49-32-39(22-25-42(49)43-27-24-40(33-50(43)55)58-51-16-7-5-13-44(51)45-14-6-8-17-52(45)58)37-11-9-10-36(30-37)34-18-20-35(21-19-34)38-23-26-47-48(31-38)41-12-3-4-15-46(41)53-54(47)57-29-28-56-53/h3-33H,1-2H3. The number of aromatic nitrogens is 3. The lowest BCUT2D eigenvalue weighted by Gasteiger charge is -2.23. The molecule has 0 atom stereocenters. The van der Waals surface area contributed by atoms with Gasteiger partial charge in [0.2, 0.25) is 0 Å². The molecule has 2 aromatic heterocycles. The van der Waals surface area contributed by atoms with E-state index in [1.807, 2.05) is 0 Å². The average molecular weight is 740 g/mol. The van der Waals surface area contributed by atoms with Crippen LogP contribution in [-0.2, 0) is 5.41 Å². The first-order valence-corrected chi connectivity index (χ1v) is 20.1. The quantitative estimate of drug-likeness (QED) is 0.168. The number of hydrogen-bond donors (Lipinski definition) is 0. The highest BCUT2D eigenvalue weighted by molar-refractivity contribution is 6.23. The smallest absolute Gasteiger partial charge is 0.0971 e. The Labute approximate surface area is 336 Å². The van der Waals surface area contributed by atoms with Crippen molar-refractivity contribution in [1.82, 2.24) is 14.5 Å². The van der Waals surface area contributed by atoms with E-state index in [0.29, 0.717) is 0 Å². The number of nitrogens with zero attached hydrogens (tertiary/aromatic N) is 3. The van der Waals surface area contributed by atoms with E-state index in [4.69, 9.17) is 9.97 Å². The van der Waals surface area contributed by atoms with Gasteiger partial charge in [-0.25, -0.2) is 0 Å². The summed E-state index contributed by atoms with van der Waals surface area (Å²) in [4.78, 5) is 9.43. The van der Waals surface area contributed by atoms with Crippen LogP contribution in [0.5, 0.6) is 0 Å². The Kier molecular flexibility index (Phi) is 6.98. The first-order valence-electron chi connectivity index (χ1n) is 20.1. The molecule has 1 aliphatic carbocycles. The molecule has 0 aliphatic heterocycles. The topological polar surface area (TPSA) is 30.7 Å². The van der Waals surface area contributed by atoms with Crippen LogP contribution >= 0.6 is 0 Å². The molecule has 0 bridgehead atoms. The van der Waals surface area contributed by atoms with E-state index in [1.165, 1.54) is 93.9 Å². The maximum atomic E-state index is 4.73. The maximum absolute atomic E-state index is 4.73. The SMILES string of the molecule is CC1(C)c2cc(-c3cccc(-c4ccc(-c5ccc6c(c5)c5ccccc5c5nccnc65)cc4)c3)ccc2-c2ccc(-n3c4ccccc4c4ccccc43)cc21. The zero-order chi connectivity index (χ0) is 38.5. The Bertz CT molecular complexity index is 3390. The highest BCUT2D eigenvalue weighted by Crippen LogP contribution is 2.51. The predicted molar refractivity (Wildman–Crippen MR) is 243 cm³/mol. The summed E-state index contributed by atoms with van der Waals surface area (Å²) in [5, 5.41) is 7.22. The first kappa shape index (κ1) is 32.8. The van der Waals surface area contributed by atoms with Crippen LogP contribution < -0.4 is 0 Å². The fourth-order valence-electron chi connectivity index (χ4n) is 9.79.